The molecule has 0 saturated carbocycles. The van der Waals surface area contributed by atoms with Gasteiger partial charge in [0.15, 0.2) is 0 Å². The minimum atomic E-state index is 0.718. The number of aromatic nitrogens is 1. The van der Waals surface area contributed by atoms with E-state index in [-0.39, 0.29) is 0 Å². The molecule has 2 heterocycles. The van der Waals surface area contributed by atoms with Gasteiger partial charge in [-0.2, -0.15) is 0 Å². The Bertz CT molecular complexity index is 262. The summed E-state index contributed by atoms with van der Waals surface area (Å²) in [5.41, 5.74) is 2.46. The molecule has 2 rings (SSSR count). The number of pyridine rings is 1. The Morgan fingerprint density at radius 1 is 1.40 bits per heavy atom. The Balaban J connectivity index is 2.52. The summed E-state index contributed by atoms with van der Waals surface area (Å²) in [6.07, 6.45) is 1.85. The lowest BCUT2D eigenvalue weighted by Gasteiger charge is -1.93. The minimum Gasteiger partial charge on any atom is -0.372 e. The largest absolute Gasteiger partial charge is 0.372 e. The van der Waals surface area contributed by atoms with Gasteiger partial charge in [-0.15, -0.1) is 0 Å². The first kappa shape index (κ1) is 6.31. The van der Waals surface area contributed by atoms with Crippen LogP contribution >= 0.6 is 15.9 Å². The topological polar surface area (TPSA) is 22.1 Å². The first-order valence-electron chi connectivity index (χ1n) is 3.07. The molecule has 1 aliphatic rings. The normalized spacial score (nSPS) is 15.3. The van der Waals surface area contributed by atoms with E-state index in [1.807, 2.05) is 12.3 Å². The summed E-state index contributed by atoms with van der Waals surface area (Å²) in [5, 5.41) is 0. The molecule has 1 aromatic rings. The number of rotatable bonds is 0. The monoisotopic (exact) mass is 199 g/mol. The fourth-order valence-corrected chi connectivity index (χ4v) is 1.41. The van der Waals surface area contributed by atoms with E-state index >= 15 is 0 Å². The van der Waals surface area contributed by atoms with Crippen LogP contribution in [0, 0.1) is 0 Å². The molecule has 0 fully saturated rings. The molecular weight excluding hydrogens is 194 g/mol. The smallest absolute Gasteiger partial charge is 0.106 e. The van der Waals surface area contributed by atoms with Crippen LogP contribution in [0.1, 0.15) is 11.1 Å². The van der Waals surface area contributed by atoms with Gasteiger partial charge in [-0.05, 0) is 27.6 Å². The van der Waals surface area contributed by atoms with Crippen molar-refractivity contribution in [2.24, 2.45) is 0 Å². The Morgan fingerprint density at radius 3 is 3.10 bits per heavy atom. The van der Waals surface area contributed by atoms with E-state index in [0.717, 1.165) is 17.8 Å². The van der Waals surface area contributed by atoms with Gasteiger partial charge in [-0.3, -0.25) is 0 Å². The number of hydrogen-bond donors (Lipinski definition) is 0. The predicted octanol–water partition coefficient (Wildman–Crippen LogP) is 1.87. The first-order valence-corrected chi connectivity index (χ1v) is 3.86. The molecule has 0 saturated heterocycles. The van der Waals surface area contributed by atoms with Crippen molar-refractivity contribution in [3.63, 3.8) is 0 Å². The van der Waals surface area contributed by atoms with Crippen molar-refractivity contribution in [3.05, 3.63) is 28.0 Å². The number of ether oxygens (including phenoxy) is 1. The van der Waals surface area contributed by atoms with Crippen molar-refractivity contribution in [3.8, 4) is 0 Å². The van der Waals surface area contributed by atoms with Crippen molar-refractivity contribution in [2.45, 2.75) is 13.2 Å². The quantitative estimate of drug-likeness (QED) is 0.596. The van der Waals surface area contributed by atoms with Crippen LogP contribution in [0.5, 0.6) is 0 Å². The lowest BCUT2D eigenvalue weighted by Crippen LogP contribution is -1.83. The standard InChI is InChI=1S/C7H6BrNO/c8-7-1-5-3-10-4-6(5)2-9-7/h1-2H,3-4H2. The first-order chi connectivity index (χ1) is 4.86. The lowest BCUT2D eigenvalue weighted by molar-refractivity contribution is 0.134. The highest BCUT2D eigenvalue weighted by molar-refractivity contribution is 9.10. The second-order valence-electron chi connectivity index (χ2n) is 2.27. The van der Waals surface area contributed by atoms with Crippen LogP contribution in [0.15, 0.2) is 16.9 Å². The molecule has 0 aromatic carbocycles. The molecule has 0 amide bonds. The Kier molecular flexibility index (Phi) is 1.47. The highest BCUT2D eigenvalue weighted by Gasteiger charge is 2.10. The molecule has 0 N–H and O–H groups in total. The van der Waals surface area contributed by atoms with Crippen LogP contribution in [0.2, 0.25) is 0 Å². The molecule has 0 aliphatic carbocycles. The van der Waals surface area contributed by atoms with E-state index in [1.165, 1.54) is 11.1 Å². The Morgan fingerprint density at radius 2 is 2.20 bits per heavy atom. The summed E-state index contributed by atoms with van der Waals surface area (Å²) in [6.45, 7) is 1.45. The molecule has 0 atom stereocenters. The van der Waals surface area contributed by atoms with Gasteiger partial charge in [-0.25, -0.2) is 4.98 Å². The van der Waals surface area contributed by atoms with Crippen molar-refractivity contribution in [1.82, 2.24) is 4.98 Å². The number of fused-ring (bicyclic) bond motifs is 1. The number of halogens is 1. The van der Waals surface area contributed by atoms with Gasteiger partial charge in [0.2, 0.25) is 0 Å². The third-order valence-electron chi connectivity index (χ3n) is 1.56. The molecule has 0 radical (unpaired) electrons. The second-order valence-corrected chi connectivity index (χ2v) is 3.08. The van der Waals surface area contributed by atoms with Gasteiger partial charge in [0.25, 0.3) is 0 Å². The molecule has 0 bridgehead atoms. The molecule has 1 aliphatic heterocycles. The molecule has 2 nitrogen and oxygen atoms in total. The van der Waals surface area contributed by atoms with E-state index in [2.05, 4.69) is 20.9 Å². The van der Waals surface area contributed by atoms with Crippen molar-refractivity contribution in [2.75, 3.05) is 0 Å². The molecule has 0 spiro atoms. The Labute approximate surface area is 67.4 Å². The third kappa shape index (κ3) is 0.954. The fraction of sp³-hybridized carbons (Fsp3) is 0.286. The zero-order valence-corrected chi connectivity index (χ0v) is 6.89. The average molecular weight is 200 g/mol. The highest BCUT2D eigenvalue weighted by Crippen LogP contribution is 2.20. The maximum Gasteiger partial charge on any atom is 0.106 e. The average Bonchev–Trinajstić information content (AvgIpc) is 2.33. The summed E-state index contributed by atoms with van der Waals surface area (Å²) in [7, 11) is 0. The predicted molar refractivity (Wildman–Crippen MR) is 40.4 cm³/mol. The van der Waals surface area contributed by atoms with Crippen LogP contribution in [0.25, 0.3) is 0 Å². The van der Waals surface area contributed by atoms with Crippen LogP contribution in [0.4, 0.5) is 0 Å². The summed E-state index contributed by atoms with van der Waals surface area (Å²) < 4.78 is 6.09. The number of nitrogens with zero attached hydrogens (tertiary/aromatic N) is 1. The van der Waals surface area contributed by atoms with Crippen LogP contribution in [0.3, 0.4) is 0 Å². The number of hydrogen-bond acceptors (Lipinski definition) is 2. The van der Waals surface area contributed by atoms with E-state index < -0.39 is 0 Å². The molecule has 0 unspecified atom stereocenters. The van der Waals surface area contributed by atoms with Gasteiger partial charge in [-0.1, -0.05) is 0 Å². The molecule has 3 heteroatoms. The maximum atomic E-state index is 5.21. The fourth-order valence-electron chi connectivity index (χ4n) is 1.03. The Hall–Kier alpha value is -0.410. The van der Waals surface area contributed by atoms with E-state index in [1.54, 1.807) is 0 Å². The van der Waals surface area contributed by atoms with Crippen molar-refractivity contribution < 1.29 is 4.74 Å². The summed E-state index contributed by atoms with van der Waals surface area (Å²) >= 11 is 3.30. The zero-order chi connectivity index (χ0) is 6.97. The van der Waals surface area contributed by atoms with Gasteiger partial charge >= 0.3 is 0 Å². The molecule has 52 valence electrons. The maximum absolute atomic E-state index is 5.21. The molecular formula is C7H6BrNO. The molecule has 10 heavy (non-hydrogen) atoms. The van der Waals surface area contributed by atoms with E-state index in [0.29, 0.717) is 0 Å². The second kappa shape index (κ2) is 2.32. The van der Waals surface area contributed by atoms with Gasteiger partial charge in [0, 0.05) is 11.8 Å². The summed E-state index contributed by atoms with van der Waals surface area (Å²) in [4.78, 5) is 4.09. The molecule has 1 aromatic heterocycles. The van der Waals surface area contributed by atoms with E-state index in [4.69, 9.17) is 4.74 Å². The van der Waals surface area contributed by atoms with Crippen LogP contribution in [-0.2, 0) is 18.0 Å². The SMILES string of the molecule is Brc1cc2c(cn1)COC2. The summed E-state index contributed by atoms with van der Waals surface area (Å²) in [6, 6.07) is 2.00. The van der Waals surface area contributed by atoms with Gasteiger partial charge in [0.1, 0.15) is 4.60 Å². The van der Waals surface area contributed by atoms with E-state index in [9.17, 15) is 0 Å². The summed E-state index contributed by atoms with van der Waals surface area (Å²) in [5.74, 6) is 0. The van der Waals surface area contributed by atoms with Gasteiger partial charge < -0.3 is 4.74 Å². The van der Waals surface area contributed by atoms with Gasteiger partial charge in [0.05, 0.1) is 13.2 Å². The third-order valence-corrected chi connectivity index (χ3v) is 2.00. The van der Waals surface area contributed by atoms with Crippen molar-refractivity contribution in [1.29, 1.82) is 0 Å². The van der Waals surface area contributed by atoms with Crippen molar-refractivity contribution >= 4 is 15.9 Å². The van der Waals surface area contributed by atoms with Crippen LogP contribution < -0.4 is 0 Å². The van der Waals surface area contributed by atoms with Crippen LogP contribution in [-0.4, -0.2) is 4.98 Å². The lowest BCUT2D eigenvalue weighted by atomic mass is 10.2. The zero-order valence-electron chi connectivity index (χ0n) is 5.30. The highest BCUT2D eigenvalue weighted by atomic mass is 79.9. The minimum absolute atomic E-state index is 0.718.